The maximum atomic E-state index is 13.3. The van der Waals surface area contributed by atoms with Gasteiger partial charge in [0.05, 0.1) is 28.0 Å². The summed E-state index contributed by atoms with van der Waals surface area (Å²) in [6.07, 6.45) is 0. The Labute approximate surface area is 140 Å². The molecule has 0 bridgehead atoms. The highest BCUT2D eigenvalue weighted by Gasteiger charge is 2.19. The monoisotopic (exact) mass is 349 g/mol. The van der Waals surface area contributed by atoms with E-state index in [2.05, 4.69) is 5.32 Å². The normalized spacial score (nSPS) is 10.1. The molecule has 2 aromatic carbocycles. The topological polar surface area (TPSA) is 125 Å². The Hall–Kier alpha value is -3.56. The standard InChI is InChI=1S/C15H12FN3O6/c16-13-3-1-2-4-14(13)25-6-5-17-15(20)10-7-11(18(21)22)9-12(8-10)19(23)24/h1-4,7-9H,5-6H2,(H,17,20). The van der Waals surface area contributed by atoms with Crippen molar-refractivity contribution < 1.29 is 23.8 Å². The Balaban J connectivity index is 1.99. The molecule has 0 atom stereocenters. The van der Waals surface area contributed by atoms with E-state index in [1.807, 2.05) is 0 Å². The van der Waals surface area contributed by atoms with Crippen molar-refractivity contribution in [3.05, 3.63) is 74.1 Å². The number of nitro groups is 2. The minimum absolute atomic E-state index is 0.0164. The minimum Gasteiger partial charge on any atom is -0.489 e. The van der Waals surface area contributed by atoms with E-state index in [0.717, 1.165) is 18.2 Å². The Morgan fingerprint density at radius 1 is 1.08 bits per heavy atom. The van der Waals surface area contributed by atoms with Crippen LogP contribution in [-0.4, -0.2) is 28.9 Å². The van der Waals surface area contributed by atoms with Crippen molar-refractivity contribution in [1.82, 2.24) is 5.32 Å². The van der Waals surface area contributed by atoms with Gasteiger partial charge in [0, 0.05) is 12.1 Å². The van der Waals surface area contributed by atoms with Crippen LogP contribution >= 0.6 is 0 Å². The number of carbonyl (C=O) groups excluding carboxylic acids is 1. The lowest BCUT2D eigenvalue weighted by atomic mass is 10.1. The molecule has 0 aliphatic carbocycles. The number of rotatable bonds is 7. The van der Waals surface area contributed by atoms with Gasteiger partial charge >= 0.3 is 0 Å². The van der Waals surface area contributed by atoms with Crippen LogP contribution < -0.4 is 10.1 Å². The first-order chi connectivity index (χ1) is 11.9. The molecular weight excluding hydrogens is 337 g/mol. The molecule has 0 aliphatic rings. The molecule has 130 valence electrons. The van der Waals surface area contributed by atoms with Gasteiger partial charge in [0.15, 0.2) is 11.6 Å². The lowest BCUT2D eigenvalue weighted by Crippen LogP contribution is -2.28. The number of ether oxygens (including phenoxy) is 1. The first-order valence-corrected chi connectivity index (χ1v) is 6.98. The fourth-order valence-electron chi connectivity index (χ4n) is 1.93. The molecule has 0 saturated carbocycles. The third kappa shape index (κ3) is 4.70. The average Bonchev–Trinajstić information content (AvgIpc) is 2.59. The summed E-state index contributed by atoms with van der Waals surface area (Å²) in [5.41, 5.74) is -1.37. The van der Waals surface area contributed by atoms with E-state index in [4.69, 9.17) is 4.74 Å². The molecule has 0 aliphatic heterocycles. The molecule has 2 rings (SSSR count). The molecule has 10 heteroatoms. The van der Waals surface area contributed by atoms with Gasteiger partial charge in [0.2, 0.25) is 0 Å². The molecule has 0 unspecified atom stereocenters. The third-order valence-corrected chi connectivity index (χ3v) is 3.07. The van der Waals surface area contributed by atoms with Crippen LogP contribution in [0, 0.1) is 26.0 Å². The molecule has 25 heavy (non-hydrogen) atoms. The lowest BCUT2D eigenvalue weighted by molar-refractivity contribution is -0.394. The zero-order chi connectivity index (χ0) is 18.4. The first kappa shape index (κ1) is 17.8. The number of hydrogen-bond donors (Lipinski definition) is 1. The number of nitro benzene ring substituents is 2. The summed E-state index contributed by atoms with van der Waals surface area (Å²) in [4.78, 5) is 31.9. The lowest BCUT2D eigenvalue weighted by Gasteiger charge is -2.08. The van der Waals surface area contributed by atoms with Gasteiger partial charge in [-0.25, -0.2) is 4.39 Å². The molecule has 0 spiro atoms. The van der Waals surface area contributed by atoms with Crippen LogP contribution in [0.25, 0.3) is 0 Å². The van der Waals surface area contributed by atoms with Crippen molar-refractivity contribution in [1.29, 1.82) is 0 Å². The Morgan fingerprint density at radius 3 is 2.24 bits per heavy atom. The molecule has 0 radical (unpaired) electrons. The number of carbonyl (C=O) groups is 1. The van der Waals surface area contributed by atoms with E-state index in [1.165, 1.54) is 18.2 Å². The summed E-state index contributed by atoms with van der Waals surface area (Å²) < 4.78 is 18.5. The third-order valence-electron chi connectivity index (χ3n) is 3.07. The molecule has 0 fully saturated rings. The van der Waals surface area contributed by atoms with Crippen molar-refractivity contribution in [2.45, 2.75) is 0 Å². The number of para-hydroxylation sites is 1. The van der Waals surface area contributed by atoms with Gasteiger partial charge < -0.3 is 10.1 Å². The molecular formula is C15H12FN3O6. The zero-order valence-electron chi connectivity index (χ0n) is 12.7. The number of amides is 1. The first-order valence-electron chi connectivity index (χ1n) is 6.98. The van der Waals surface area contributed by atoms with Gasteiger partial charge in [-0.1, -0.05) is 12.1 Å². The van der Waals surface area contributed by atoms with E-state index in [1.54, 1.807) is 6.07 Å². The van der Waals surface area contributed by atoms with Crippen LogP contribution in [0.4, 0.5) is 15.8 Å². The molecule has 1 amide bonds. The summed E-state index contributed by atoms with van der Waals surface area (Å²) in [6, 6.07) is 8.34. The Morgan fingerprint density at radius 2 is 1.68 bits per heavy atom. The minimum atomic E-state index is -0.828. The number of nitrogens with one attached hydrogen (secondary N) is 1. The molecule has 0 heterocycles. The highest BCUT2D eigenvalue weighted by atomic mass is 19.1. The summed E-state index contributed by atoms with van der Waals surface area (Å²) >= 11 is 0. The highest BCUT2D eigenvalue weighted by molar-refractivity contribution is 5.95. The number of halogens is 1. The van der Waals surface area contributed by atoms with Crippen LogP contribution in [0.5, 0.6) is 5.75 Å². The summed E-state index contributed by atoms with van der Waals surface area (Å²) in [5, 5.41) is 24.0. The second-order valence-electron chi connectivity index (χ2n) is 4.79. The fraction of sp³-hybridized carbons (Fsp3) is 0.133. The summed E-state index contributed by atoms with van der Waals surface area (Å²) in [6.45, 7) is -0.0760. The van der Waals surface area contributed by atoms with Crippen LogP contribution in [0.2, 0.25) is 0 Å². The quantitative estimate of drug-likeness (QED) is 0.465. The largest absolute Gasteiger partial charge is 0.489 e. The molecule has 2 aromatic rings. The predicted molar refractivity (Wildman–Crippen MR) is 84.0 cm³/mol. The van der Waals surface area contributed by atoms with E-state index in [-0.39, 0.29) is 24.5 Å². The van der Waals surface area contributed by atoms with Crippen LogP contribution in [-0.2, 0) is 0 Å². The smallest absolute Gasteiger partial charge is 0.277 e. The van der Waals surface area contributed by atoms with Gasteiger partial charge in [0.1, 0.15) is 6.61 Å². The van der Waals surface area contributed by atoms with Gasteiger partial charge in [-0.15, -0.1) is 0 Å². The SMILES string of the molecule is O=C(NCCOc1ccccc1F)c1cc([N+](=O)[O-])cc([N+](=O)[O-])c1. The summed E-state index contributed by atoms with van der Waals surface area (Å²) in [5.74, 6) is -1.28. The molecule has 9 nitrogen and oxygen atoms in total. The predicted octanol–water partition coefficient (Wildman–Crippen LogP) is 2.45. The Kier molecular flexibility index (Phi) is 5.56. The summed E-state index contributed by atoms with van der Waals surface area (Å²) in [7, 11) is 0. The van der Waals surface area contributed by atoms with Crippen molar-refractivity contribution >= 4 is 17.3 Å². The van der Waals surface area contributed by atoms with Crippen molar-refractivity contribution in [3.8, 4) is 5.75 Å². The van der Waals surface area contributed by atoms with Gasteiger partial charge in [-0.3, -0.25) is 25.0 Å². The number of non-ortho nitro benzene ring substituents is 2. The molecule has 0 aromatic heterocycles. The van der Waals surface area contributed by atoms with Crippen LogP contribution in [0.3, 0.4) is 0 Å². The van der Waals surface area contributed by atoms with E-state index in [9.17, 15) is 29.4 Å². The highest BCUT2D eigenvalue weighted by Crippen LogP contribution is 2.22. The van der Waals surface area contributed by atoms with Crippen molar-refractivity contribution in [2.24, 2.45) is 0 Å². The van der Waals surface area contributed by atoms with E-state index < -0.39 is 32.9 Å². The number of hydrogen-bond acceptors (Lipinski definition) is 6. The molecule has 1 N–H and O–H groups in total. The van der Waals surface area contributed by atoms with E-state index in [0.29, 0.717) is 0 Å². The maximum absolute atomic E-state index is 13.3. The Bertz CT molecular complexity index is 794. The number of benzene rings is 2. The van der Waals surface area contributed by atoms with Gasteiger partial charge in [0.25, 0.3) is 17.3 Å². The maximum Gasteiger partial charge on any atom is 0.277 e. The van der Waals surface area contributed by atoms with Crippen molar-refractivity contribution in [3.63, 3.8) is 0 Å². The van der Waals surface area contributed by atoms with E-state index >= 15 is 0 Å². The zero-order valence-corrected chi connectivity index (χ0v) is 12.7. The second-order valence-corrected chi connectivity index (χ2v) is 4.79. The second kappa shape index (κ2) is 7.81. The van der Waals surface area contributed by atoms with Crippen LogP contribution in [0.15, 0.2) is 42.5 Å². The average molecular weight is 349 g/mol. The van der Waals surface area contributed by atoms with Gasteiger partial charge in [-0.05, 0) is 12.1 Å². The van der Waals surface area contributed by atoms with Crippen LogP contribution in [0.1, 0.15) is 10.4 Å². The fourth-order valence-corrected chi connectivity index (χ4v) is 1.93. The molecule has 0 saturated heterocycles. The van der Waals surface area contributed by atoms with Crippen molar-refractivity contribution in [2.75, 3.05) is 13.2 Å². The van der Waals surface area contributed by atoms with Gasteiger partial charge in [-0.2, -0.15) is 0 Å². The number of nitrogens with zero attached hydrogens (tertiary/aromatic N) is 2.